The number of nitrogens with two attached hydrogens (primary N) is 1. The summed E-state index contributed by atoms with van der Waals surface area (Å²) < 4.78 is 5.92. The SMILES string of the molecule is CC(C)CCN(C1CC1)C1(CN)CCOC(C)(C)C1. The first-order chi connectivity index (χ1) is 8.88. The highest BCUT2D eigenvalue weighted by Gasteiger charge is 2.48. The second-order valence-corrected chi connectivity index (χ2v) is 7.57. The fourth-order valence-electron chi connectivity index (χ4n) is 3.58. The van der Waals surface area contributed by atoms with Crippen LogP contribution in [0.5, 0.6) is 0 Å². The van der Waals surface area contributed by atoms with E-state index in [0.717, 1.165) is 38.0 Å². The fraction of sp³-hybridized carbons (Fsp3) is 1.00. The lowest BCUT2D eigenvalue weighted by Gasteiger charge is -2.51. The van der Waals surface area contributed by atoms with Gasteiger partial charge in [0, 0.05) is 24.7 Å². The highest BCUT2D eigenvalue weighted by Crippen LogP contribution is 2.42. The molecule has 2 aliphatic rings. The van der Waals surface area contributed by atoms with Gasteiger partial charge in [-0.3, -0.25) is 4.90 Å². The molecular weight excluding hydrogens is 236 g/mol. The highest BCUT2D eigenvalue weighted by molar-refractivity contribution is 5.04. The van der Waals surface area contributed by atoms with E-state index in [1.54, 1.807) is 0 Å². The minimum atomic E-state index is -0.0252. The maximum atomic E-state index is 6.23. The van der Waals surface area contributed by atoms with Crippen LogP contribution in [0.3, 0.4) is 0 Å². The quantitative estimate of drug-likeness (QED) is 0.805. The Kier molecular flexibility index (Phi) is 4.59. The zero-order valence-electron chi connectivity index (χ0n) is 13.2. The van der Waals surface area contributed by atoms with E-state index < -0.39 is 0 Å². The van der Waals surface area contributed by atoms with Crippen molar-refractivity contribution in [1.82, 2.24) is 4.90 Å². The van der Waals surface area contributed by atoms with Gasteiger partial charge in [0.05, 0.1) is 5.60 Å². The van der Waals surface area contributed by atoms with Gasteiger partial charge < -0.3 is 10.5 Å². The zero-order chi connectivity index (χ0) is 14.1. The van der Waals surface area contributed by atoms with Gasteiger partial charge in [0.2, 0.25) is 0 Å². The van der Waals surface area contributed by atoms with Crippen LogP contribution in [0.25, 0.3) is 0 Å². The van der Waals surface area contributed by atoms with Gasteiger partial charge >= 0.3 is 0 Å². The summed E-state index contributed by atoms with van der Waals surface area (Å²) in [5.74, 6) is 0.768. The van der Waals surface area contributed by atoms with Crippen molar-refractivity contribution >= 4 is 0 Å². The van der Waals surface area contributed by atoms with Gasteiger partial charge in [0.25, 0.3) is 0 Å². The van der Waals surface area contributed by atoms with E-state index in [4.69, 9.17) is 10.5 Å². The number of rotatable bonds is 6. The van der Waals surface area contributed by atoms with Crippen LogP contribution >= 0.6 is 0 Å². The molecule has 2 N–H and O–H groups in total. The van der Waals surface area contributed by atoms with Gasteiger partial charge in [-0.15, -0.1) is 0 Å². The molecule has 1 aliphatic carbocycles. The Morgan fingerprint density at radius 2 is 2.00 bits per heavy atom. The smallest absolute Gasteiger partial charge is 0.0644 e. The molecule has 19 heavy (non-hydrogen) atoms. The van der Waals surface area contributed by atoms with Crippen molar-refractivity contribution in [2.45, 2.75) is 77.0 Å². The Morgan fingerprint density at radius 1 is 1.32 bits per heavy atom. The van der Waals surface area contributed by atoms with Gasteiger partial charge in [-0.05, 0) is 58.4 Å². The molecule has 0 aromatic carbocycles. The molecule has 0 aromatic rings. The average Bonchev–Trinajstić information content (AvgIpc) is 3.12. The van der Waals surface area contributed by atoms with Crippen LogP contribution in [0, 0.1) is 5.92 Å². The summed E-state index contributed by atoms with van der Waals surface area (Å²) in [7, 11) is 0. The summed E-state index contributed by atoms with van der Waals surface area (Å²) in [5, 5.41) is 0. The summed E-state index contributed by atoms with van der Waals surface area (Å²) in [5.41, 5.74) is 6.39. The number of nitrogens with zero attached hydrogens (tertiary/aromatic N) is 1. The molecular formula is C16H32N2O. The standard InChI is InChI=1S/C16H32N2O/c1-13(2)7-9-18(14-5-6-14)16(12-17)8-10-19-15(3,4)11-16/h13-14H,5-12,17H2,1-4H3. The molecule has 1 atom stereocenters. The van der Waals surface area contributed by atoms with Gasteiger partial charge in [0.1, 0.15) is 0 Å². The largest absolute Gasteiger partial charge is 0.375 e. The molecule has 1 unspecified atom stereocenters. The van der Waals surface area contributed by atoms with Gasteiger partial charge in [-0.2, -0.15) is 0 Å². The molecule has 3 nitrogen and oxygen atoms in total. The van der Waals surface area contributed by atoms with Gasteiger partial charge in [-0.1, -0.05) is 13.8 Å². The summed E-state index contributed by atoms with van der Waals surface area (Å²) in [6.45, 7) is 11.9. The first kappa shape index (κ1) is 15.3. The molecule has 0 spiro atoms. The lowest BCUT2D eigenvalue weighted by molar-refractivity contribution is -0.120. The van der Waals surface area contributed by atoms with Gasteiger partial charge in [0.15, 0.2) is 0 Å². The van der Waals surface area contributed by atoms with Gasteiger partial charge in [-0.25, -0.2) is 0 Å². The van der Waals surface area contributed by atoms with Crippen molar-refractivity contribution in [2.75, 3.05) is 19.7 Å². The predicted molar refractivity (Wildman–Crippen MR) is 80.2 cm³/mol. The van der Waals surface area contributed by atoms with Crippen LogP contribution in [-0.2, 0) is 4.74 Å². The lowest BCUT2D eigenvalue weighted by Crippen LogP contribution is -2.61. The van der Waals surface area contributed by atoms with E-state index in [1.807, 2.05) is 0 Å². The van der Waals surface area contributed by atoms with E-state index >= 15 is 0 Å². The molecule has 0 bridgehead atoms. The van der Waals surface area contributed by atoms with E-state index in [0.29, 0.717) is 0 Å². The maximum Gasteiger partial charge on any atom is 0.0644 e. The third-order valence-corrected chi connectivity index (χ3v) is 4.74. The van der Waals surface area contributed by atoms with Crippen molar-refractivity contribution in [1.29, 1.82) is 0 Å². The zero-order valence-corrected chi connectivity index (χ0v) is 13.2. The van der Waals surface area contributed by atoms with Crippen LogP contribution in [0.15, 0.2) is 0 Å². The molecule has 0 amide bonds. The van der Waals surface area contributed by atoms with E-state index in [-0.39, 0.29) is 11.1 Å². The molecule has 2 fully saturated rings. The van der Waals surface area contributed by atoms with Crippen molar-refractivity contribution in [3.63, 3.8) is 0 Å². The molecule has 1 saturated heterocycles. The van der Waals surface area contributed by atoms with Crippen molar-refractivity contribution in [2.24, 2.45) is 11.7 Å². The van der Waals surface area contributed by atoms with Crippen molar-refractivity contribution in [3.8, 4) is 0 Å². The molecule has 0 aromatic heterocycles. The van der Waals surface area contributed by atoms with Crippen molar-refractivity contribution in [3.05, 3.63) is 0 Å². The van der Waals surface area contributed by atoms with Crippen LogP contribution in [0.2, 0.25) is 0 Å². The average molecular weight is 268 g/mol. The fourth-order valence-corrected chi connectivity index (χ4v) is 3.58. The molecule has 1 heterocycles. The maximum absolute atomic E-state index is 6.23. The summed E-state index contributed by atoms with van der Waals surface area (Å²) >= 11 is 0. The number of hydrogen-bond donors (Lipinski definition) is 1. The van der Waals surface area contributed by atoms with Crippen LogP contribution in [0.4, 0.5) is 0 Å². The van der Waals surface area contributed by atoms with Crippen LogP contribution in [-0.4, -0.2) is 41.8 Å². The second-order valence-electron chi connectivity index (χ2n) is 7.57. The third-order valence-electron chi connectivity index (χ3n) is 4.74. The Morgan fingerprint density at radius 3 is 2.47 bits per heavy atom. The Hall–Kier alpha value is -0.120. The summed E-state index contributed by atoms with van der Waals surface area (Å²) in [6.07, 6.45) is 6.18. The number of hydrogen-bond acceptors (Lipinski definition) is 3. The Labute approximate surface area is 118 Å². The molecule has 1 saturated carbocycles. The van der Waals surface area contributed by atoms with E-state index in [2.05, 4.69) is 32.6 Å². The number of ether oxygens (including phenoxy) is 1. The minimum absolute atomic E-state index is 0.0252. The molecule has 112 valence electrons. The lowest BCUT2D eigenvalue weighted by atomic mass is 9.79. The minimum Gasteiger partial charge on any atom is -0.375 e. The highest BCUT2D eigenvalue weighted by atomic mass is 16.5. The first-order valence-corrected chi connectivity index (χ1v) is 7.99. The predicted octanol–water partition coefficient (Wildman–Crippen LogP) is 2.78. The van der Waals surface area contributed by atoms with E-state index in [1.165, 1.54) is 25.8 Å². The topological polar surface area (TPSA) is 38.5 Å². The molecule has 2 rings (SSSR count). The Balaban J connectivity index is 2.11. The van der Waals surface area contributed by atoms with Crippen LogP contribution < -0.4 is 5.73 Å². The van der Waals surface area contributed by atoms with Crippen molar-refractivity contribution < 1.29 is 4.74 Å². The molecule has 3 heteroatoms. The first-order valence-electron chi connectivity index (χ1n) is 7.99. The second kappa shape index (κ2) is 5.71. The molecule has 1 aliphatic heterocycles. The molecule has 0 radical (unpaired) electrons. The summed E-state index contributed by atoms with van der Waals surface area (Å²) in [6, 6.07) is 0.788. The van der Waals surface area contributed by atoms with E-state index in [9.17, 15) is 0 Å². The Bertz CT molecular complexity index is 299. The summed E-state index contributed by atoms with van der Waals surface area (Å²) in [4.78, 5) is 2.75. The monoisotopic (exact) mass is 268 g/mol. The normalized spacial score (nSPS) is 31.1. The third kappa shape index (κ3) is 3.71. The van der Waals surface area contributed by atoms with Crippen LogP contribution in [0.1, 0.15) is 59.8 Å².